The number of nitrogens with two attached hydrogens (primary N) is 1. The topological polar surface area (TPSA) is 121 Å². The first-order valence-corrected chi connectivity index (χ1v) is 13.0. The standard InChI is InChI=1S/C25H26FN5O4S/c1-15-12-16(9-10-20(15)34-2)36(32,33)30-19-7-5-6-17(23(19)26)18-13-31(21-8-3-4-11-35-21)25-22(18)24(27)28-14-29-25/h5-7,9-10,12-14,21,30H,3-4,8,11H2,1-2H3,(H2,27,28,29). The molecule has 36 heavy (non-hydrogen) atoms. The van der Waals surface area contributed by atoms with Gasteiger partial charge in [0.15, 0.2) is 5.82 Å². The molecule has 1 saturated heterocycles. The van der Waals surface area contributed by atoms with Gasteiger partial charge < -0.3 is 19.8 Å². The lowest BCUT2D eigenvalue weighted by Gasteiger charge is -2.24. The summed E-state index contributed by atoms with van der Waals surface area (Å²) in [6, 6.07) is 8.95. The molecule has 4 aromatic rings. The van der Waals surface area contributed by atoms with E-state index in [1.54, 1.807) is 31.3 Å². The van der Waals surface area contributed by atoms with Crippen molar-refractivity contribution in [2.75, 3.05) is 24.2 Å². The Labute approximate surface area is 208 Å². The molecule has 11 heteroatoms. The molecule has 9 nitrogen and oxygen atoms in total. The van der Waals surface area contributed by atoms with Crippen LogP contribution < -0.4 is 15.2 Å². The van der Waals surface area contributed by atoms with E-state index in [4.69, 9.17) is 15.2 Å². The Morgan fingerprint density at radius 3 is 2.75 bits per heavy atom. The summed E-state index contributed by atoms with van der Waals surface area (Å²) in [6.07, 6.45) is 5.61. The summed E-state index contributed by atoms with van der Waals surface area (Å²) < 4.78 is 57.3. The zero-order valence-corrected chi connectivity index (χ0v) is 20.7. The van der Waals surface area contributed by atoms with Gasteiger partial charge in [0.05, 0.1) is 23.1 Å². The molecule has 0 aliphatic carbocycles. The third-order valence-corrected chi connectivity index (χ3v) is 7.68. The number of hydrogen-bond donors (Lipinski definition) is 2. The first-order chi connectivity index (χ1) is 17.3. The van der Waals surface area contributed by atoms with Crippen LogP contribution in [0.3, 0.4) is 0 Å². The van der Waals surface area contributed by atoms with Crippen LogP contribution in [0.25, 0.3) is 22.2 Å². The molecule has 1 fully saturated rings. The number of ether oxygens (including phenoxy) is 2. The van der Waals surface area contributed by atoms with Gasteiger partial charge in [0.1, 0.15) is 29.8 Å². The third-order valence-electron chi connectivity index (χ3n) is 6.31. The van der Waals surface area contributed by atoms with Crippen LogP contribution in [-0.2, 0) is 14.8 Å². The fraction of sp³-hybridized carbons (Fsp3) is 0.280. The molecule has 3 N–H and O–H groups in total. The molecule has 1 aliphatic heterocycles. The van der Waals surface area contributed by atoms with Crippen LogP contribution in [0.1, 0.15) is 31.1 Å². The minimum atomic E-state index is -4.06. The molecule has 188 valence electrons. The molecule has 1 unspecified atom stereocenters. The van der Waals surface area contributed by atoms with Gasteiger partial charge in [0.25, 0.3) is 10.0 Å². The van der Waals surface area contributed by atoms with Crippen LogP contribution in [0.4, 0.5) is 15.9 Å². The molecular formula is C25H26FN5O4S. The Balaban J connectivity index is 1.57. The van der Waals surface area contributed by atoms with E-state index in [2.05, 4.69) is 14.7 Å². The molecule has 0 radical (unpaired) electrons. The number of anilines is 2. The van der Waals surface area contributed by atoms with Gasteiger partial charge in [-0.1, -0.05) is 12.1 Å². The first-order valence-electron chi connectivity index (χ1n) is 11.5. The van der Waals surface area contributed by atoms with E-state index >= 15 is 4.39 Å². The van der Waals surface area contributed by atoms with Crippen molar-refractivity contribution in [3.63, 3.8) is 0 Å². The zero-order valence-electron chi connectivity index (χ0n) is 19.9. The zero-order chi connectivity index (χ0) is 25.4. The summed E-state index contributed by atoms with van der Waals surface area (Å²) in [5.41, 5.74) is 7.80. The van der Waals surface area contributed by atoms with Gasteiger partial charge in [-0.2, -0.15) is 0 Å². The highest BCUT2D eigenvalue weighted by Gasteiger charge is 2.25. The predicted octanol–water partition coefficient (Wildman–Crippen LogP) is 4.64. The lowest BCUT2D eigenvalue weighted by Crippen LogP contribution is -2.17. The average molecular weight is 512 g/mol. The van der Waals surface area contributed by atoms with E-state index in [-0.39, 0.29) is 28.2 Å². The van der Waals surface area contributed by atoms with E-state index in [1.165, 1.54) is 31.6 Å². The third kappa shape index (κ3) is 4.24. The maximum Gasteiger partial charge on any atom is 0.262 e. The number of aryl methyl sites for hydroxylation is 1. The molecule has 5 rings (SSSR count). The normalized spacial score (nSPS) is 16.2. The maximum absolute atomic E-state index is 15.8. The second-order valence-electron chi connectivity index (χ2n) is 8.63. The summed E-state index contributed by atoms with van der Waals surface area (Å²) in [4.78, 5) is 8.47. The van der Waals surface area contributed by atoms with E-state index in [0.717, 1.165) is 19.3 Å². The minimum absolute atomic E-state index is 0.00528. The number of rotatable bonds is 6. The lowest BCUT2D eigenvalue weighted by molar-refractivity contribution is -0.0294. The van der Waals surface area contributed by atoms with E-state index in [9.17, 15) is 8.42 Å². The molecule has 1 aliphatic rings. The van der Waals surface area contributed by atoms with Crippen molar-refractivity contribution in [1.82, 2.24) is 14.5 Å². The highest BCUT2D eigenvalue weighted by molar-refractivity contribution is 7.92. The molecule has 0 bridgehead atoms. The number of benzene rings is 2. The van der Waals surface area contributed by atoms with Crippen LogP contribution in [0.5, 0.6) is 5.75 Å². The predicted molar refractivity (Wildman–Crippen MR) is 135 cm³/mol. The van der Waals surface area contributed by atoms with Gasteiger partial charge in [-0.25, -0.2) is 22.8 Å². The van der Waals surface area contributed by atoms with Gasteiger partial charge in [0, 0.05) is 23.9 Å². The average Bonchev–Trinajstić information content (AvgIpc) is 3.26. The largest absolute Gasteiger partial charge is 0.496 e. The number of nitrogens with one attached hydrogen (secondary N) is 1. The fourth-order valence-electron chi connectivity index (χ4n) is 4.52. The number of nitrogen functional groups attached to an aromatic ring is 1. The van der Waals surface area contributed by atoms with Crippen LogP contribution in [0, 0.1) is 12.7 Å². The Hall–Kier alpha value is -3.70. The number of aromatic nitrogens is 3. The summed E-state index contributed by atoms with van der Waals surface area (Å²) in [6.45, 7) is 2.36. The van der Waals surface area contributed by atoms with Gasteiger partial charge in [0.2, 0.25) is 0 Å². The Morgan fingerprint density at radius 1 is 1.19 bits per heavy atom. The number of nitrogens with zero attached hydrogens (tertiary/aromatic N) is 3. The summed E-state index contributed by atoms with van der Waals surface area (Å²) in [5, 5.41) is 0.483. The Bertz CT molecular complexity index is 1550. The number of halogens is 1. The monoisotopic (exact) mass is 511 g/mol. The number of hydrogen-bond acceptors (Lipinski definition) is 7. The van der Waals surface area contributed by atoms with Gasteiger partial charge in [-0.3, -0.25) is 4.72 Å². The van der Waals surface area contributed by atoms with Crippen molar-refractivity contribution in [3.8, 4) is 16.9 Å². The quantitative estimate of drug-likeness (QED) is 0.387. The SMILES string of the molecule is COc1ccc(S(=O)(=O)Nc2cccc(-c3cn(C4CCCCO4)c4ncnc(N)c34)c2F)cc1C. The number of sulfonamides is 1. The maximum atomic E-state index is 15.8. The van der Waals surface area contributed by atoms with Crippen LogP contribution in [0.15, 0.2) is 53.8 Å². The highest BCUT2D eigenvalue weighted by Crippen LogP contribution is 2.39. The molecule has 0 amide bonds. The van der Waals surface area contributed by atoms with Crippen molar-refractivity contribution < 1.29 is 22.3 Å². The van der Waals surface area contributed by atoms with E-state index in [0.29, 0.717) is 34.5 Å². The number of methoxy groups -OCH3 is 1. The molecule has 2 aromatic heterocycles. The highest BCUT2D eigenvalue weighted by atomic mass is 32.2. The lowest BCUT2D eigenvalue weighted by atomic mass is 10.0. The summed E-state index contributed by atoms with van der Waals surface area (Å²) >= 11 is 0. The number of fused-ring (bicyclic) bond motifs is 1. The molecule has 3 heterocycles. The molecule has 1 atom stereocenters. The van der Waals surface area contributed by atoms with Crippen LogP contribution in [0.2, 0.25) is 0 Å². The summed E-state index contributed by atoms with van der Waals surface area (Å²) in [7, 11) is -2.56. The van der Waals surface area contributed by atoms with Gasteiger partial charge in [-0.05, 0) is 56.0 Å². The van der Waals surface area contributed by atoms with Gasteiger partial charge >= 0.3 is 0 Å². The fourth-order valence-corrected chi connectivity index (χ4v) is 5.66. The smallest absolute Gasteiger partial charge is 0.262 e. The van der Waals surface area contributed by atoms with Crippen molar-refractivity contribution in [2.45, 2.75) is 37.3 Å². The second-order valence-corrected chi connectivity index (χ2v) is 10.3. The summed E-state index contributed by atoms with van der Waals surface area (Å²) in [5.74, 6) is 0.0158. The van der Waals surface area contributed by atoms with Crippen molar-refractivity contribution in [3.05, 3.63) is 60.3 Å². The van der Waals surface area contributed by atoms with Crippen LogP contribution in [-0.4, -0.2) is 36.7 Å². The molecular weight excluding hydrogens is 485 g/mol. The van der Waals surface area contributed by atoms with Gasteiger partial charge in [-0.15, -0.1) is 0 Å². The van der Waals surface area contributed by atoms with E-state index < -0.39 is 15.8 Å². The first kappa shape index (κ1) is 24.0. The van der Waals surface area contributed by atoms with Crippen molar-refractivity contribution in [2.24, 2.45) is 0 Å². The van der Waals surface area contributed by atoms with Crippen LogP contribution >= 0.6 is 0 Å². The second kappa shape index (κ2) is 9.40. The molecule has 0 saturated carbocycles. The Kier molecular flexibility index (Phi) is 6.27. The van der Waals surface area contributed by atoms with E-state index in [1.807, 2.05) is 4.57 Å². The molecule has 2 aromatic carbocycles. The minimum Gasteiger partial charge on any atom is -0.496 e. The molecule has 0 spiro atoms. The Morgan fingerprint density at radius 2 is 2.03 bits per heavy atom. The van der Waals surface area contributed by atoms with Crippen molar-refractivity contribution in [1.29, 1.82) is 0 Å². The van der Waals surface area contributed by atoms with Crippen molar-refractivity contribution >= 4 is 32.6 Å².